The third-order valence-corrected chi connectivity index (χ3v) is 3.39. The van der Waals surface area contributed by atoms with Crippen LogP contribution in [0.15, 0.2) is 30.3 Å². The lowest BCUT2D eigenvalue weighted by Gasteiger charge is -2.35. The molecule has 1 heterocycles. The maximum Gasteiger partial charge on any atom is 0.410 e. The highest BCUT2D eigenvalue weighted by molar-refractivity contribution is 5.68. The molecule has 0 radical (unpaired) electrons. The SMILES string of the molecule is C[C@@H]1[C@H](O)CCCN1C(=O)OCc1ccccc1. The van der Waals surface area contributed by atoms with E-state index in [1.165, 1.54) is 0 Å². The second-order valence-electron chi connectivity index (χ2n) is 4.68. The number of hydrogen-bond acceptors (Lipinski definition) is 3. The number of likely N-dealkylation sites (tertiary alicyclic amines) is 1. The predicted molar refractivity (Wildman–Crippen MR) is 68.0 cm³/mol. The van der Waals surface area contributed by atoms with Gasteiger partial charge in [-0.2, -0.15) is 0 Å². The molecule has 1 N–H and O–H groups in total. The van der Waals surface area contributed by atoms with E-state index in [0.29, 0.717) is 6.54 Å². The molecule has 98 valence electrons. The van der Waals surface area contributed by atoms with Crippen LogP contribution in [0.25, 0.3) is 0 Å². The van der Waals surface area contributed by atoms with Crippen LogP contribution in [0.1, 0.15) is 25.3 Å². The first-order valence-electron chi connectivity index (χ1n) is 6.34. The third kappa shape index (κ3) is 3.01. The highest BCUT2D eigenvalue weighted by Gasteiger charge is 2.30. The standard InChI is InChI=1S/C14H19NO3/c1-11-13(16)8-5-9-15(11)14(17)18-10-12-6-3-2-4-7-12/h2-4,6-7,11,13,16H,5,8-10H2,1H3/t11-,13-/m1/s1. The molecular formula is C14H19NO3. The monoisotopic (exact) mass is 249 g/mol. The largest absolute Gasteiger partial charge is 0.445 e. The Balaban J connectivity index is 1.88. The number of piperidine rings is 1. The number of amides is 1. The number of hydrogen-bond donors (Lipinski definition) is 1. The molecule has 1 aliphatic heterocycles. The minimum atomic E-state index is -0.442. The van der Waals surface area contributed by atoms with Crippen LogP contribution in [-0.4, -0.2) is 34.8 Å². The van der Waals surface area contributed by atoms with E-state index in [-0.39, 0.29) is 18.7 Å². The van der Waals surface area contributed by atoms with Gasteiger partial charge in [0.1, 0.15) is 6.61 Å². The van der Waals surface area contributed by atoms with Gasteiger partial charge < -0.3 is 14.7 Å². The van der Waals surface area contributed by atoms with Crippen molar-refractivity contribution in [1.82, 2.24) is 4.90 Å². The van der Waals surface area contributed by atoms with E-state index in [1.807, 2.05) is 37.3 Å². The van der Waals surface area contributed by atoms with E-state index >= 15 is 0 Å². The van der Waals surface area contributed by atoms with Gasteiger partial charge in [-0.15, -0.1) is 0 Å². The number of rotatable bonds is 2. The molecule has 1 saturated heterocycles. The highest BCUT2D eigenvalue weighted by atomic mass is 16.6. The summed E-state index contributed by atoms with van der Waals surface area (Å²) >= 11 is 0. The second kappa shape index (κ2) is 5.87. The van der Waals surface area contributed by atoms with Gasteiger partial charge in [0.15, 0.2) is 0 Å². The van der Waals surface area contributed by atoms with Crippen LogP contribution in [0.2, 0.25) is 0 Å². The van der Waals surface area contributed by atoms with E-state index in [0.717, 1.165) is 18.4 Å². The van der Waals surface area contributed by atoms with Gasteiger partial charge in [-0.25, -0.2) is 4.79 Å². The molecule has 2 atom stereocenters. The zero-order valence-corrected chi connectivity index (χ0v) is 10.6. The molecule has 4 heteroatoms. The first kappa shape index (κ1) is 12.9. The van der Waals surface area contributed by atoms with Crippen molar-refractivity contribution in [1.29, 1.82) is 0 Å². The summed E-state index contributed by atoms with van der Waals surface area (Å²) in [5.41, 5.74) is 0.969. The summed E-state index contributed by atoms with van der Waals surface area (Å²) in [7, 11) is 0. The number of benzene rings is 1. The fraction of sp³-hybridized carbons (Fsp3) is 0.500. The molecule has 1 aromatic carbocycles. The van der Waals surface area contributed by atoms with E-state index in [9.17, 15) is 9.90 Å². The quantitative estimate of drug-likeness (QED) is 0.874. The number of nitrogens with zero attached hydrogens (tertiary/aromatic N) is 1. The molecule has 0 unspecified atom stereocenters. The van der Waals surface area contributed by atoms with Crippen molar-refractivity contribution in [2.75, 3.05) is 6.54 Å². The van der Waals surface area contributed by atoms with Gasteiger partial charge >= 0.3 is 6.09 Å². The molecule has 1 aromatic rings. The number of ether oxygens (including phenoxy) is 1. The van der Waals surface area contributed by atoms with Crippen LogP contribution in [-0.2, 0) is 11.3 Å². The van der Waals surface area contributed by atoms with Crippen LogP contribution in [0, 0.1) is 0 Å². The number of aliphatic hydroxyl groups excluding tert-OH is 1. The Hall–Kier alpha value is -1.55. The van der Waals surface area contributed by atoms with Gasteiger partial charge in [0.25, 0.3) is 0 Å². The summed E-state index contributed by atoms with van der Waals surface area (Å²) in [6, 6.07) is 9.42. The fourth-order valence-electron chi connectivity index (χ4n) is 2.18. The van der Waals surface area contributed by atoms with Crippen molar-refractivity contribution in [3.05, 3.63) is 35.9 Å². The highest BCUT2D eigenvalue weighted by Crippen LogP contribution is 2.18. The lowest BCUT2D eigenvalue weighted by Crippen LogP contribution is -2.49. The maximum atomic E-state index is 11.9. The van der Waals surface area contributed by atoms with E-state index < -0.39 is 6.10 Å². The van der Waals surface area contributed by atoms with Crippen molar-refractivity contribution in [3.8, 4) is 0 Å². The van der Waals surface area contributed by atoms with Crippen LogP contribution in [0.5, 0.6) is 0 Å². The molecular weight excluding hydrogens is 230 g/mol. The summed E-state index contributed by atoms with van der Waals surface area (Å²) in [6.07, 6.45) is 0.795. The van der Waals surface area contributed by atoms with Crippen LogP contribution < -0.4 is 0 Å². The Morgan fingerprint density at radius 1 is 1.44 bits per heavy atom. The van der Waals surface area contributed by atoms with E-state index in [2.05, 4.69) is 0 Å². The normalized spacial score (nSPS) is 23.8. The molecule has 0 aliphatic carbocycles. The number of carbonyl (C=O) groups is 1. The Bertz CT molecular complexity index is 393. The Kier molecular flexibility index (Phi) is 4.20. The van der Waals surface area contributed by atoms with Gasteiger partial charge in [0.2, 0.25) is 0 Å². The van der Waals surface area contributed by atoms with Crippen molar-refractivity contribution in [2.45, 2.75) is 38.5 Å². The first-order chi connectivity index (χ1) is 8.68. The molecule has 18 heavy (non-hydrogen) atoms. The average Bonchev–Trinajstić information content (AvgIpc) is 2.40. The molecule has 0 spiro atoms. The summed E-state index contributed by atoms with van der Waals surface area (Å²) in [5.74, 6) is 0. The average molecular weight is 249 g/mol. The third-order valence-electron chi connectivity index (χ3n) is 3.39. The van der Waals surface area contributed by atoms with Gasteiger partial charge in [-0.3, -0.25) is 0 Å². The molecule has 1 aliphatic rings. The van der Waals surface area contributed by atoms with Crippen molar-refractivity contribution in [3.63, 3.8) is 0 Å². The van der Waals surface area contributed by atoms with Crippen LogP contribution in [0.3, 0.4) is 0 Å². The zero-order valence-electron chi connectivity index (χ0n) is 10.6. The van der Waals surface area contributed by atoms with Gasteiger partial charge in [-0.05, 0) is 25.3 Å². The number of carbonyl (C=O) groups excluding carboxylic acids is 1. The van der Waals surface area contributed by atoms with E-state index in [1.54, 1.807) is 4.90 Å². The summed E-state index contributed by atoms with van der Waals surface area (Å²) < 4.78 is 5.26. The summed E-state index contributed by atoms with van der Waals surface area (Å²) in [6.45, 7) is 2.79. The second-order valence-corrected chi connectivity index (χ2v) is 4.68. The lowest BCUT2D eigenvalue weighted by molar-refractivity contribution is 0.0104. The molecule has 0 bridgehead atoms. The van der Waals surface area contributed by atoms with E-state index in [4.69, 9.17) is 4.74 Å². The van der Waals surface area contributed by atoms with Crippen molar-refractivity contribution in [2.24, 2.45) is 0 Å². The zero-order chi connectivity index (χ0) is 13.0. The molecule has 0 aromatic heterocycles. The molecule has 0 saturated carbocycles. The fourth-order valence-corrected chi connectivity index (χ4v) is 2.18. The lowest BCUT2D eigenvalue weighted by atomic mass is 10.0. The van der Waals surface area contributed by atoms with Crippen LogP contribution >= 0.6 is 0 Å². The molecule has 1 fully saturated rings. The summed E-state index contributed by atoms with van der Waals surface area (Å²) in [5, 5.41) is 9.73. The van der Waals surface area contributed by atoms with Gasteiger partial charge in [0, 0.05) is 6.54 Å². The first-order valence-corrected chi connectivity index (χ1v) is 6.34. The maximum absolute atomic E-state index is 11.9. The van der Waals surface area contributed by atoms with Gasteiger partial charge in [0.05, 0.1) is 12.1 Å². The van der Waals surface area contributed by atoms with Gasteiger partial charge in [-0.1, -0.05) is 30.3 Å². The van der Waals surface area contributed by atoms with Crippen LogP contribution in [0.4, 0.5) is 4.79 Å². The number of aliphatic hydroxyl groups is 1. The Morgan fingerprint density at radius 3 is 2.89 bits per heavy atom. The Morgan fingerprint density at radius 2 is 2.17 bits per heavy atom. The topological polar surface area (TPSA) is 49.8 Å². The minimum Gasteiger partial charge on any atom is -0.445 e. The molecule has 4 nitrogen and oxygen atoms in total. The minimum absolute atomic E-state index is 0.165. The molecule has 2 rings (SSSR count). The predicted octanol–water partition coefficient (Wildman–Crippen LogP) is 2.17. The Labute approximate surface area is 107 Å². The smallest absolute Gasteiger partial charge is 0.410 e. The summed E-state index contributed by atoms with van der Waals surface area (Å²) in [4.78, 5) is 13.5. The van der Waals surface area contributed by atoms with Crippen molar-refractivity contribution >= 4 is 6.09 Å². The van der Waals surface area contributed by atoms with Crippen molar-refractivity contribution < 1.29 is 14.6 Å². The molecule has 1 amide bonds.